The van der Waals surface area contributed by atoms with Crippen LogP contribution in [0.1, 0.15) is 20.0 Å². The van der Waals surface area contributed by atoms with Crippen molar-refractivity contribution in [3.63, 3.8) is 0 Å². The number of hydrogen-bond donors (Lipinski definition) is 2. The van der Waals surface area contributed by atoms with Gasteiger partial charge in [0.2, 0.25) is 0 Å². The van der Waals surface area contributed by atoms with E-state index in [0.29, 0.717) is 32.6 Å². The fraction of sp³-hybridized carbons (Fsp3) is 0.0435. The van der Waals surface area contributed by atoms with E-state index in [-0.39, 0.29) is 11.8 Å². The van der Waals surface area contributed by atoms with E-state index >= 15 is 0 Å². The first-order chi connectivity index (χ1) is 14.5. The molecule has 0 spiro atoms. The fourth-order valence-corrected chi connectivity index (χ4v) is 4.38. The third kappa shape index (κ3) is 4.15. The van der Waals surface area contributed by atoms with Gasteiger partial charge in [0.25, 0.3) is 11.8 Å². The summed E-state index contributed by atoms with van der Waals surface area (Å²) in [6.07, 6.45) is 0. The Morgan fingerprint density at radius 2 is 1.50 bits per heavy atom. The highest BCUT2D eigenvalue weighted by molar-refractivity contribution is 7.21. The van der Waals surface area contributed by atoms with E-state index in [1.54, 1.807) is 43.5 Å². The van der Waals surface area contributed by atoms with Gasteiger partial charge >= 0.3 is 0 Å². The van der Waals surface area contributed by atoms with Crippen LogP contribution in [-0.2, 0) is 0 Å². The molecule has 0 radical (unpaired) electrons. The summed E-state index contributed by atoms with van der Waals surface area (Å²) >= 11 is 7.72. The number of methoxy groups -OCH3 is 1. The minimum absolute atomic E-state index is 0.195. The van der Waals surface area contributed by atoms with Gasteiger partial charge < -0.3 is 15.4 Å². The maximum atomic E-state index is 12.7. The van der Waals surface area contributed by atoms with Gasteiger partial charge in [-0.25, -0.2) is 0 Å². The second-order valence-corrected chi connectivity index (χ2v) is 7.89. The second-order valence-electron chi connectivity index (χ2n) is 6.46. The molecule has 3 aromatic carbocycles. The van der Waals surface area contributed by atoms with Gasteiger partial charge in [-0.15, -0.1) is 11.3 Å². The van der Waals surface area contributed by atoms with E-state index in [9.17, 15) is 9.59 Å². The van der Waals surface area contributed by atoms with Crippen molar-refractivity contribution in [2.45, 2.75) is 0 Å². The van der Waals surface area contributed by atoms with Gasteiger partial charge in [0, 0.05) is 27.0 Å². The summed E-state index contributed by atoms with van der Waals surface area (Å²) in [6.45, 7) is 0. The Morgan fingerprint density at radius 1 is 0.867 bits per heavy atom. The largest absolute Gasteiger partial charge is 0.497 e. The number of amides is 2. The third-order valence-corrected chi connectivity index (χ3v) is 6.14. The third-order valence-electron chi connectivity index (χ3n) is 4.48. The zero-order valence-electron chi connectivity index (χ0n) is 15.9. The van der Waals surface area contributed by atoms with Gasteiger partial charge in [0.1, 0.15) is 10.6 Å². The fourth-order valence-electron chi connectivity index (χ4n) is 2.94. The molecule has 4 rings (SSSR count). The lowest BCUT2D eigenvalue weighted by Crippen LogP contribution is -2.12. The Labute approximate surface area is 182 Å². The zero-order chi connectivity index (χ0) is 21.1. The van der Waals surface area contributed by atoms with Crippen molar-refractivity contribution in [2.75, 3.05) is 17.7 Å². The van der Waals surface area contributed by atoms with Gasteiger partial charge in [-0.05, 0) is 54.6 Å². The predicted octanol–water partition coefficient (Wildman–Crippen LogP) is 6.07. The van der Waals surface area contributed by atoms with E-state index < -0.39 is 0 Å². The van der Waals surface area contributed by atoms with Gasteiger partial charge in [-0.3, -0.25) is 9.59 Å². The van der Waals surface area contributed by atoms with Crippen LogP contribution in [0.25, 0.3) is 10.1 Å². The number of carbonyl (C=O) groups is 2. The molecule has 0 unspecified atom stereocenters. The molecule has 0 aliphatic heterocycles. The maximum Gasteiger partial charge on any atom is 0.267 e. The van der Waals surface area contributed by atoms with Crippen LogP contribution in [0.3, 0.4) is 0 Å². The summed E-state index contributed by atoms with van der Waals surface area (Å²) in [7, 11) is 1.59. The number of rotatable bonds is 5. The van der Waals surface area contributed by atoms with Gasteiger partial charge in [-0.2, -0.15) is 0 Å². The van der Waals surface area contributed by atoms with E-state index in [1.165, 1.54) is 11.3 Å². The molecule has 0 aliphatic carbocycles. The van der Waals surface area contributed by atoms with Gasteiger partial charge in [0.15, 0.2) is 0 Å². The average molecular weight is 437 g/mol. The molecular formula is C23H17ClN2O3S. The molecule has 0 bridgehead atoms. The summed E-state index contributed by atoms with van der Waals surface area (Å²) in [5.41, 5.74) is 1.81. The normalized spacial score (nSPS) is 10.6. The van der Waals surface area contributed by atoms with Crippen LogP contribution in [0.5, 0.6) is 5.75 Å². The number of fused-ring (bicyclic) bond motifs is 1. The van der Waals surface area contributed by atoms with E-state index in [1.807, 2.05) is 36.4 Å². The molecule has 2 amide bonds. The van der Waals surface area contributed by atoms with Crippen molar-refractivity contribution >= 4 is 56.2 Å². The zero-order valence-corrected chi connectivity index (χ0v) is 17.5. The van der Waals surface area contributed by atoms with E-state index in [4.69, 9.17) is 16.3 Å². The van der Waals surface area contributed by atoms with Crippen molar-refractivity contribution in [1.82, 2.24) is 0 Å². The molecule has 4 aromatic rings. The Kier molecular flexibility index (Phi) is 5.70. The minimum Gasteiger partial charge on any atom is -0.497 e. The monoisotopic (exact) mass is 436 g/mol. The van der Waals surface area contributed by atoms with Crippen molar-refractivity contribution in [3.8, 4) is 5.75 Å². The molecule has 1 aromatic heterocycles. The Bertz CT molecular complexity index is 1220. The standard InChI is InChI=1S/C23H17ClN2O3S/c1-29-17-11-12-18-19(13-17)30-21(20(18)24)23(28)26-16-9-7-15(8-10-16)25-22(27)14-5-3-2-4-6-14/h2-13H,1H3,(H,25,27)(H,26,28). The van der Waals surface area contributed by atoms with Crippen molar-refractivity contribution in [3.05, 3.63) is 88.3 Å². The van der Waals surface area contributed by atoms with E-state index in [0.717, 1.165) is 10.1 Å². The maximum absolute atomic E-state index is 12.7. The van der Waals surface area contributed by atoms with Crippen LogP contribution in [0.2, 0.25) is 5.02 Å². The number of carbonyl (C=O) groups excluding carboxylic acids is 2. The second kappa shape index (κ2) is 8.57. The number of thiophene rings is 1. The number of hydrogen-bond acceptors (Lipinski definition) is 4. The molecule has 0 aliphatic rings. The number of benzene rings is 3. The van der Waals surface area contributed by atoms with Gasteiger partial charge in [0.05, 0.1) is 12.1 Å². The van der Waals surface area contributed by atoms with Crippen LogP contribution in [-0.4, -0.2) is 18.9 Å². The first kappa shape index (κ1) is 19.9. The molecule has 150 valence electrons. The highest BCUT2D eigenvalue weighted by atomic mass is 35.5. The van der Waals surface area contributed by atoms with Crippen LogP contribution >= 0.6 is 22.9 Å². The molecule has 0 saturated carbocycles. The molecule has 5 nitrogen and oxygen atoms in total. The van der Waals surface area contributed by atoms with Crippen LogP contribution < -0.4 is 15.4 Å². The highest BCUT2D eigenvalue weighted by Crippen LogP contribution is 2.37. The molecular weight excluding hydrogens is 420 g/mol. The molecule has 0 atom stereocenters. The molecule has 7 heteroatoms. The summed E-state index contributed by atoms with van der Waals surface area (Å²) in [5, 5.41) is 6.90. The first-order valence-electron chi connectivity index (χ1n) is 9.09. The first-order valence-corrected chi connectivity index (χ1v) is 10.3. The number of nitrogens with one attached hydrogen (secondary N) is 2. The Morgan fingerprint density at radius 3 is 2.13 bits per heavy atom. The summed E-state index contributed by atoms with van der Waals surface area (Å²) in [5.74, 6) is 0.224. The quantitative estimate of drug-likeness (QED) is 0.399. The molecule has 2 N–H and O–H groups in total. The smallest absolute Gasteiger partial charge is 0.267 e. The highest BCUT2D eigenvalue weighted by Gasteiger charge is 2.18. The topological polar surface area (TPSA) is 67.4 Å². The lowest BCUT2D eigenvalue weighted by Gasteiger charge is -2.08. The van der Waals surface area contributed by atoms with Gasteiger partial charge in [-0.1, -0.05) is 29.8 Å². The lowest BCUT2D eigenvalue weighted by molar-refractivity contribution is 0.102. The summed E-state index contributed by atoms with van der Waals surface area (Å²) in [6, 6.07) is 21.4. The van der Waals surface area contributed by atoms with Crippen LogP contribution in [0.4, 0.5) is 11.4 Å². The molecule has 30 heavy (non-hydrogen) atoms. The Balaban J connectivity index is 1.47. The summed E-state index contributed by atoms with van der Waals surface area (Å²) < 4.78 is 6.11. The number of anilines is 2. The predicted molar refractivity (Wildman–Crippen MR) is 122 cm³/mol. The Hall–Kier alpha value is -3.35. The molecule has 1 heterocycles. The minimum atomic E-state index is -0.291. The number of ether oxygens (including phenoxy) is 1. The SMILES string of the molecule is COc1ccc2c(Cl)c(C(=O)Nc3ccc(NC(=O)c4ccccc4)cc3)sc2c1. The van der Waals surface area contributed by atoms with Crippen molar-refractivity contribution in [1.29, 1.82) is 0 Å². The lowest BCUT2D eigenvalue weighted by atomic mass is 10.2. The number of halogens is 1. The molecule has 0 fully saturated rings. The average Bonchev–Trinajstić information content (AvgIpc) is 3.11. The van der Waals surface area contributed by atoms with Crippen LogP contribution in [0.15, 0.2) is 72.8 Å². The van der Waals surface area contributed by atoms with Crippen molar-refractivity contribution < 1.29 is 14.3 Å². The molecule has 0 saturated heterocycles. The summed E-state index contributed by atoms with van der Waals surface area (Å²) in [4.78, 5) is 25.4. The van der Waals surface area contributed by atoms with Crippen LogP contribution in [0, 0.1) is 0 Å². The van der Waals surface area contributed by atoms with Crippen molar-refractivity contribution in [2.24, 2.45) is 0 Å². The van der Waals surface area contributed by atoms with E-state index in [2.05, 4.69) is 10.6 Å².